The van der Waals surface area contributed by atoms with Crippen molar-refractivity contribution >= 4 is 5.91 Å². The van der Waals surface area contributed by atoms with Crippen molar-refractivity contribution in [3.8, 4) is 11.1 Å². The Morgan fingerprint density at radius 2 is 1.68 bits per heavy atom. The summed E-state index contributed by atoms with van der Waals surface area (Å²) in [5.41, 5.74) is 8.35. The number of benzene rings is 4. The number of ether oxygens (including phenoxy) is 1. The summed E-state index contributed by atoms with van der Waals surface area (Å²) >= 11 is 0. The molecule has 4 aromatic carbocycles. The molecular weight excluding hydrogens is 489 g/mol. The lowest BCUT2D eigenvalue weighted by Gasteiger charge is -2.18. The summed E-state index contributed by atoms with van der Waals surface area (Å²) < 4.78 is 49.2. The standard InChI is InChI=1S/C31H23F3N2O2/c1-15-24-13-35-12-18(24)11-27(33)25(15)14-36-31(37)17-6-8-21-23(10-17)30-22-9-16(5-7-20(22)29(21)38-30)19-3-2-4-26(32)28(19)34/h2-11,29-30,35H,12-14H2,1H3,(H,36,37). The van der Waals surface area contributed by atoms with Crippen LogP contribution >= 0.6 is 0 Å². The Bertz CT molecular complexity index is 1670. The maximum atomic E-state index is 14.7. The molecule has 2 atom stereocenters. The molecule has 2 bridgehead atoms. The quantitative estimate of drug-likeness (QED) is 0.346. The third kappa shape index (κ3) is 3.42. The van der Waals surface area contributed by atoms with E-state index in [1.165, 1.54) is 6.07 Å². The van der Waals surface area contributed by atoms with Gasteiger partial charge in [-0.25, -0.2) is 13.2 Å². The Morgan fingerprint density at radius 1 is 0.921 bits per heavy atom. The largest absolute Gasteiger partial charge is 0.356 e. The number of halogens is 3. The Labute approximate surface area is 217 Å². The molecule has 7 rings (SSSR count). The fourth-order valence-electron chi connectivity index (χ4n) is 6.02. The molecule has 1 amide bonds. The van der Waals surface area contributed by atoms with Crippen molar-refractivity contribution in [1.82, 2.24) is 10.6 Å². The number of amides is 1. The third-order valence-corrected chi connectivity index (χ3v) is 8.03. The topological polar surface area (TPSA) is 50.4 Å². The van der Waals surface area contributed by atoms with E-state index < -0.39 is 17.7 Å². The first-order valence-corrected chi connectivity index (χ1v) is 12.6. The average molecular weight is 513 g/mol. The minimum atomic E-state index is -0.895. The summed E-state index contributed by atoms with van der Waals surface area (Å²) in [5, 5.41) is 6.10. The van der Waals surface area contributed by atoms with E-state index >= 15 is 0 Å². The van der Waals surface area contributed by atoms with E-state index in [1.807, 2.05) is 31.2 Å². The van der Waals surface area contributed by atoms with Crippen molar-refractivity contribution in [2.24, 2.45) is 0 Å². The molecule has 3 aliphatic rings. The number of fused-ring (bicyclic) bond motifs is 9. The summed E-state index contributed by atoms with van der Waals surface area (Å²) in [6.45, 7) is 3.34. The Kier molecular flexibility index (Phi) is 5.22. The van der Waals surface area contributed by atoms with Gasteiger partial charge in [0.1, 0.15) is 18.0 Å². The van der Waals surface area contributed by atoms with Crippen LogP contribution < -0.4 is 10.6 Å². The molecule has 0 radical (unpaired) electrons. The Balaban J connectivity index is 1.15. The first-order chi connectivity index (χ1) is 18.4. The van der Waals surface area contributed by atoms with Gasteiger partial charge < -0.3 is 15.4 Å². The van der Waals surface area contributed by atoms with Gasteiger partial charge in [0.15, 0.2) is 11.6 Å². The zero-order valence-electron chi connectivity index (χ0n) is 20.5. The highest BCUT2D eigenvalue weighted by atomic mass is 19.2. The van der Waals surface area contributed by atoms with Gasteiger partial charge in [-0.05, 0) is 81.8 Å². The molecule has 38 heavy (non-hydrogen) atoms. The molecule has 3 aliphatic heterocycles. The Morgan fingerprint density at radius 3 is 2.53 bits per heavy atom. The molecule has 0 saturated heterocycles. The lowest BCUT2D eigenvalue weighted by atomic mass is 9.83. The fourth-order valence-corrected chi connectivity index (χ4v) is 6.02. The Hall–Kier alpha value is -3.94. The minimum absolute atomic E-state index is 0.0921. The molecule has 0 aromatic heterocycles. The normalized spacial score (nSPS) is 18.3. The highest BCUT2D eigenvalue weighted by molar-refractivity contribution is 5.94. The predicted octanol–water partition coefficient (Wildman–Crippen LogP) is 6.13. The fraction of sp³-hybridized carbons (Fsp3) is 0.194. The van der Waals surface area contributed by atoms with Crippen LogP contribution in [0.25, 0.3) is 11.1 Å². The monoisotopic (exact) mass is 512 g/mol. The average Bonchev–Trinajstić information content (AvgIpc) is 3.64. The van der Waals surface area contributed by atoms with E-state index in [9.17, 15) is 18.0 Å². The molecule has 4 aromatic rings. The van der Waals surface area contributed by atoms with Gasteiger partial charge in [-0.3, -0.25) is 4.79 Å². The molecule has 0 fully saturated rings. The van der Waals surface area contributed by atoms with Gasteiger partial charge in [0.2, 0.25) is 0 Å². The van der Waals surface area contributed by atoms with Crippen LogP contribution in [0, 0.1) is 24.4 Å². The van der Waals surface area contributed by atoms with Crippen LogP contribution in [0.1, 0.15) is 67.1 Å². The summed E-state index contributed by atoms with van der Waals surface area (Å²) in [7, 11) is 0. The van der Waals surface area contributed by atoms with Crippen LogP contribution in [0.3, 0.4) is 0 Å². The SMILES string of the molecule is Cc1c(CNC(=O)c2ccc3c(c2)C2OC3c3ccc(-c4cccc(F)c4F)cc32)c(F)cc2c1CNC2. The molecule has 3 heterocycles. The third-order valence-electron chi connectivity index (χ3n) is 8.03. The molecule has 190 valence electrons. The van der Waals surface area contributed by atoms with E-state index in [1.54, 1.807) is 24.3 Å². The van der Waals surface area contributed by atoms with Gasteiger partial charge in [0, 0.05) is 36.3 Å². The zero-order chi connectivity index (χ0) is 26.1. The lowest BCUT2D eigenvalue weighted by molar-refractivity contribution is 0.0857. The van der Waals surface area contributed by atoms with Crippen LogP contribution in [0.15, 0.2) is 60.7 Å². The van der Waals surface area contributed by atoms with E-state index in [4.69, 9.17) is 4.74 Å². The van der Waals surface area contributed by atoms with Gasteiger partial charge in [-0.2, -0.15) is 0 Å². The molecule has 0 spiro atoms. The van der Waals surface area contributed by atoms with Gasteiger partial charge >= 0.3 is 0 Å². The second kappa shape index (κ2) is 8.55. The van der Waals surface area contributed by atoms with E-state index in [0.717, 1.165) is 45.0 Å². The number of rotatable bonds is 4. The van der Waals surface area contributed by atoms with Crippen LogP contribution in [0.4, 0.5) is 13.2 Å². The molecule has 0 saturated carbocycles. The van der Waals surface area contributed by atoms with Crippen molar-refractivity contribution in [2.45, 2.75) is 38.8 Å². The van der Waals surface area contributed by atoms with E-state index in [0.29, 0.717) is 29.8 Å². The van der Waals surface area contributed by atoms with Crippen LogP contribution in [0.5, 0.6) is 0 Å². The summed E-state index contributed by atoms with van der Waals surface area (Å²) in [6.07, 6.45) is -0.677. The molecular formula is C31H23F3N2O2. The van der Waals surface area contributed by atoms with E-state index in [2.05, 4.69) is 10.6 Å². The second-order valence-electron chi connectivity index (χ2n) is 10.1. The summed E-state index contributed by atoms with van der Waals surface area (Å²) in [6, 6.07) is 16.6. The number of hydrogen-bond donors (Lipinski definition) is 2. The smallest absolute Gasteiger partial charge is 0.251 e. The number of nitrogens with one attached hydrogen (secondary N) is 2. The van der Waals surface area contributed by atoms with Crippen molar-refractivity contribution in [3.63, 3.8) is 0 Å². The van der Waals surface area contributed by atoms with E-state index in [-0.39, 0.29) is 29.9 Å². The number of carbonyl (C=O) groups excluding carboxylic acids is 1. The van der Waals surface area contributed by atoms with Crippen molar-refractivity contribution in [1.29, 1.82) is 0 Å². The highest BCUT2D eigenvalue weighted by Gasteiger charge is 2.43. The van der Waals surface area contributed by atoms with Gasteiger partial charge in [0.25, 0.3) is 5.91 Å². The van der Waals surface area contributed by atoms with Crippen molar-refractivity contribution in [3.05, 3.63) is 128 Å². The maximum Gasteiger partial charge on any atom is 0.251 e. The van der Waals surface area contributed by atoms with Crippen molar-refractivity contribution < 1.29 is 22.7 Å². The second-order valence-corrected chi connectivity index (χ2v) is 10.1. The predicted molar refractivity (Wildman–Crippen MR) is 136 cm³/mol. The highest BCUT2D eigenvalue weighted by Crippen LogP contribution is 2.55. The zero-order valence-corrected chi connectivity index (χ0v) is 20.5. The van der Waals surface area contributed by atoms with Gasteiger partial charge in [-0.15, -0.1) is 0 Å². The minimum Gasteiger partial charge on any atom is -0.356 e. The first-order valence-electron chi connectivity index (χ1n) is 12.6. The van der Waals surface area contributed by atoms with Crippen LogP contribution in [-0.4, -0.2) is 5.91 Å². The molecule has 2 unspecified atom stereocenters. The maximum absolute atomic E-state index is 14.7. The summed E-state index contributed by atoms with van der Waals surface area (Å²) in [4.78, 5) is 13.1. The molecule has 0 aliphatic carbocycles. The van der Waals surface area contributed by atoms with Gasteiger partial charge in [0.05, 0.1) is 0 Å². The number of hydrogen-bond acceptors (Lipinski definition) is 3. The van der Waals surface area contributed by atoms with Crippen LogP contribution in [-0.2, 0) is 24.4 Å². The van der Waals surface area contributed by atoms with Crippen molar-refractivity contribution in [2.75, 3.05) is 0 Å². The molecule has 2 N–H and O–H groups in total. The van der Waals surface area contributed by atoms with Gasteiger partial charge in [-0.1, -0.05) is 30.3 Å². The molecule has 4 nitrogen and oxygen atoms in total. The first kappa shape index (κ1) is 23.2. The molecule has 7 heteroatoms. The lowest BCUT2D eigenvalue weighted by Crippen LogP contribution is -2.24. The van der Waals surface area contributed by atoms with Crippen LogP contribution in [0.2, 0.25) is 0 Å². The summed E-state index contributed by atoms with van der Waals surface area (Å²) in [5.74, 6) is -2.40. The number of carbonyl (C=O) groups is 1.